The van der Waals surface area contributed by atoms with E-state index in [0.717, 1.165) is 140 Å². The van der Waals surface area contributed by atoms with E-state index in [1.54, 1.807) is 79.6 Å². The summed E-state index contributed by atoms with van der Waals surface area (Å²) in [5, 5.41) is 29.3. The van der Waals surface area contributed by atoms with Gasteiger partial charge in [0.15, 0.2) is 5.65 Å². The van der Waals surface area contributed by atoms with Crippen molar-refractivity contribution in [2.24, 2.45) is 18.0 Å². The Bertz CT molecular complexity index is 6720. The Kier molecular flexibility index (Phi) is 26.1. The third-order valence-electron chi connectivity index (χ3n) is 23.8. The van der Waals surface area contributed by atoms with Crippen LogP contribution in [0.3, 0.4) is 0 Å². The summed E-state index contributed by atoms with van der Waals surface area (Å²) in [5.74, 6) is 3.44. The van der Waals surface area contributed by atoms with E-state index in [1.807, 2.05) is 140 Å². The van der Waals surface area contributed by atoms with Gasteiger partial charge in [-0.2, -0.15) is 43.1 Å². The lowest BCUT2D eigenvalue weighted by Crippen LogP contribution is -2.54. The molecule has 20 rings (SSSR count). The molecule has 127 heavy (non-hydrogen) atoms. The van der Waals surface area contributed by atoms with Crippen LogP contribution in [0.4, 0.5) is 45.0 Å². The van der Waals surface area contributed by atoms with Gasteiger partial charge in [0.25, 0.3) is 16.7 Å². The number of anilines is 7. The number of nitrogens with one attached hydrogen (secondary N) is 5. The molecule has 0 amide bonds. The number of nitrogens with zero attached hydrogens (tertiary/aromatic N) is 18. The average Bonchev–Trinajstić information content (AvgIpc) is 1.74. The van der Waals surface area contributed by atoms with E-state index in [-0.39, 0.29) is 47.9 Å². The van der Waals surface area contributed by atoms with Gasteiger partial charge in [-0.1, -0.05) is 49.9 Å². The van der Waals surface area contributed by atoms with E-state index in [0.29, 0.717) is 118 Å². The number of aromatic nitrogens is 15. The molecule has 5 aliphatic heterocycles. The number of aliphatic imine (C=N–C) groups is 1. The minimum atomic E-state index is -0.306. The summed E-state index contributed by atoms with van der Waals surface area (Å²) >= 11 is 5.24. The number of fused-ring (bicyclic) bond motifs is 3. The van der Waals surface area contributed by atoms with Crippen LogP contribution in [0.1, 0.15) is 92.4 Å². The minimum Gasteiger partial charge on any atom is -0.381 e. The van der Waals surface area contributed by atoms with Crippen molar-refractivity contribution in [1.82, 2.24) is 88.4 Å². The van der Waals surface area contributed by atoms with Crippen LogP contribution in [0.15, 0.2) is 207 Å². The molecule has 15 aromatic rings. The summed E-state index contributed by atoms with van der Waals surface area (Å²) in [5.41, 5.74) is 16.0. The van der Waals surface area contributed by atoms with E-state index in [2.05, 4.69) is 142 Å². The first-order valence-electron chi connectivity index (χ1n) is 42.8. The molecule has 4 saturated heterocycles. The smallest absolute Gasteiger partial charge is 0.267 e. The number of hydrogen-bond donors (Lipinski definition) is 5. The van der Waals surface area contributed by atoms with Crippen LogP contribution in [-0.4, -0.2) is 168 Å². The molecular weight excluding hydrogens is 1650 g/mol. The normalized spacial score (nSPS) is 16.8. The monoisotopic (exact) mass is 1760 g/mol. The first kappa shape index (κ1) is 86.5. The topological polar surface area (TPSA) is 293 Å². The number of rotatable bonds is 19. The number of pyridine rings is 4. The molecule has 16 heterocycles. The molecule has 5 aliphatic rings. The van der Waals surface area contributed by atoms with Gasteiger partial charge in [-0.25, -0.2) is 34.0 Å². The zero-order valence-corrected chi connectivity index (χ0v) is 73.9. The van der Waals surface area contributed by atoms with Crippen molar-refractivity contribution in [2.45, 2.75) is 111 Å². The molecule has 11 aromatic heterocycles. The maximum absolute atomic E-state index is 15.4. The molecule has 1 unspecified atom stereocenters. The Morgan fingerprint density at radius 2 is 1.30 bits per heavy atom. The Hall–Kier alpha value is -12.6. The maximum atomic E-state index is 15.4. The number of piperazine rings is 1. The number of piperidine rings is 1. The number of benzene rings is 4. The SMILES string of the molecule is C.CCn1c(=O)c(-c2nc(-c3ccsc3)sc2C)cc2cnc(Nc3ccc(C4CNCCS4)cc3)nc21.CN1CCC(c2ccc(Nc3ncc4cc(-c5nc(-c6cccnc6)cn5C)c(=O)n(-c5ccccc5)c4n3)cc2)CC1.Cc1nn(C2=CCN=C2)c(C)c1-c1cc2cnc(Nc3ccc(N4C[C@@H](C)N[C@@H](C)C4)c(F)c3)nc2n(CC2CCOCC2)c1=O. The number of aryl methyl sites for hydroxylation is 4. The molecule has 0 radical (unpaired) electrons. The van der Waals surface area contributed by atoms with E-state index in [9.17, 15) is 14.4 Å². The predicted octanol–water partition coefficient (Wildman–Crippen LogP) is 17.2. The Morgan fingerprint density at radius 3 is 1.94 bits per heavy atom. The summed E-state index contributed by atoms with van der Waals surface area (Å²) in [6.07, 6.45) is 18.6. The van der Waals surface area contributed by atoms with Crippen LogP contribution in [-0.2, 0) is 24.9 Å². The quantitative estimate of drug-likeness (QED) is 0.0502. The third kappa shape index (κ3) is 18.8. The zero-order chi connectivity index (χ0) is 86.6. The van der Waals surface area contributed by atoms with Gasteiger partial charge < -0.3 is 45.7 Å². The highest BCUT2D eigenvalue weighted by Crippen LogP contribution is 2.38. The van der Waals surface area contributed by atoms with Crippen LogP contribution >= 0.6 is 34.4 Å². The minimum absolute atomic E-state index is 0. The highest BCUT2D eigenvalue weighted by Gasteiger charge is 2.29. The largest absolute Gasteiger partial charge is 0.381 e. The van der Waals surface area contributed by atoms with Crippen LogP contribution in [0.5, 0.6) is 0 Å². The van der Waals surface area contributed by atoms with Crippen LogP contribution < -0.4 is 48.2 Å². The van der Waals surface area contributed by atoms with E-state index < -0.39 is 0 Å². The van der Waals surface area contributed by atoms with Crippen molar-refractivity contribution >= 4 is 120 Å². The van der Waals surface area contributed by atoms with Crippen molar-refractivity contribution in [3.8, 4) is 61.3 Å². The number of hydrogen-bond acceptors (Lipinski definition) is 25. The fourth-order valence-electron chi connectivity index (χ4n) is 17.4. The highest BCUT2D eigenvalue weighted by atomic mass is 32.2. The fraction of sp³-hybridized carbons (Fsp3) is 0.312. The highest BCUT2D eigenvalue weighted by molar-refractivity contribution is 7.99. The second kappa shape index (κ2) is 38.3. The molecule has 650 valence electrons. The second-order valence-electron chi connectivity index (χ2n) is 32.7. The van der Waals surface area contributed by atoms with E-state index in [4.69, 9.17) is 34.8 Å². The zero-order valence-electron chi connectivity index (χ0n) is 71.5. The summed E-state index contributed by atoms with van der Waals surface area (Å²) in [7, 11) is 4.07. The first-order chi connectivity index (χ1) is 61.4. The summed E-state index contributed by atoms with van der Waals surface area (Å²) in [6, 6.07) is 43.6. The molecule has 4 fully saturated rings. The third-order valence-corrected chi connectivity index (χ3v) is 26.7. The Morgan fingerprint density at radius 1 is 0.654 bits per heavy atom. The van der Waals surface area contributed by atoms with Crippen molar-refractivity contribution in [1.29, 1.82) is 0 Å². The van der Waals surface area contributed by atoms with Crippen molar-refractivity contribution in [3.05, 3.63) is 252 Å². The van der Waals surface area contributed by atoms with Gasteiger partial charge in [-0.3, -0.25) is 38.1 Å². The van der Waals surface area contributed by atoms with Crippen molar-refractivity contribution in [2.75, 3.05) is 92.7 Å². The van der Waals surface area contributed by atoms with E-state index >= 15 is 4.39 Å². The number of thiophene rings is 1. The van der Waals surface area contributed by atoms with Gasteiger partial charge in [-0.05, 0) is 213 Å². The van der Waals surface area contributed by atoms with Crippen molar-refractivity contribution in [3.63, 3.8) is 0 Å². The fourth-order valence-corrected chi connectivity index (χ4v) is 20.1. The van der Waals surface area contributed by atoms with Crippen LogP contribution in [0, 0.1) is 32.5 Å². The standard InChI is InChI=1S/C34H40FN9O2.C34H32N8O.C27H26N6OS3.CH4/c1-20-17-42(18-21(2)38-20)30-6-5-26(14-29(30)35)39-34-37-15-25-13-28(31-22(3)41-44(23(31)4)27-7-10-36-16-27)33(45)43(32(25)40-34)19-24-8-11-46-12-9-24;1-40-17-14-24(15-18-40)23-10-12-27(13-11-23)37-34-36-21-26-19-29(32-38-30(22-41(32)2)25-7-6-16-35-20-25)33(43)42(31(26)39-34)28-8-4-3-5-9-28;1-3-33-24-19(12-21(26(33)34)23-16(2)37-25(31-23)18-8-10-35-15-18)13-29-27(32-24)30-20-6-4-17(5-7-20)22-14-28-9-11-36-22;/h5-7,13-16,20-21,24,38H,8-12,17-19H2,1-4H3,(H,37,39,40);3-13,16,19-22,24H,14-15,17-18H2,1-2H3,(H,36,37,39);4-8,10,12-13,15,22,28H,3,9,11,14H2,1-2H3,(H,29,30,32);1H4/t20-,21+;;;. The van der Waals surface area contributed by atoms with Gasteiger partial charge in [0, 0.05) is 192 Å². The number of ether oxygens (including phenoxy) is 1. The van der Waals surface area contributed by atoms with Gasteiger partial charge >= 0.3 is 0 Å². The van der Waals surface area contributed by atoms with Gasteiger partial charge in [0.1, 0.15) is 27.9 Å². The molecule has 0 saturated carbocycles. The number of allylic oxidation sites excluding steroid dienone is 1. The summed E-state index contributed by atoms with van der Waals surface area (Å²) in [6.45, 7) is 20.9. The molecular formula is C96H102FN23O4S3. The van der Waals surface area contributed by atoms with Crippen LogP contribution in [0.25, 0.3) is 100 Å². The Labute approximate surface area is 747 Å². The van der Waals surface area contributed by atoms with Gasteiger partial charge in [0.05, 0.1) is 57.4 Å². The van der Waals surface area contributed by atoms with Crippen molar-refractivity contribution < 1.29 is 9.13 Å². The number of halogens is 1. The number of para-hydroxylation sites is 1. The average molecular weight is 1760 g/mol. The molecule has 31 heteroatoms. The molecule has 27 nitrogen and oxygen atoms in total. The molecule has 0 aliphatic carbocycles. The first-order valence-corrected chi connectivity index (χ1v) is 45.6. The Balaban J connectivity index is 0.000000134. The molecule has 4 aromatic carbocycles. The van der Waals surface area contributed by atoms with Crippen LogP contribution in [0.2, 0.25) is 0 Å². The lowest BCUT2D eigenvalue weighted by Gasteiger charge is -2.37. The predicted molar refractivity (Wildman–Crippen MR) is 513 cm³/mol. The lowest BCUT2D eigenvalue weighted by molar-refractivity contribution is 0.0613. The van der Waals surface area contributed by atoms with E-state index in [1.165, 1.54) is 30.0 Å². The van der Waals surface area contributed by atoms with Gasteiger partial charge in [0.2, 0.25) is 17.8 Å². The molecule has 0 spiro atoms. The number of likely N-dealkylation sites (tertiary alicyclic amines) is 1. The molecule has 0 bridgehead atoms. The number of thiazole rings is 1. The lowest BCUT2D eigenvalue weighted by atomic mass is 9.89. The molecule has 5 N–H and O–H groups in total. The maximum Gasteiger partial charge on any atom is 0.267 e. The van der Waals surface area contributed by atoms with Gasteiger partial charge in [-0.15, -0.1) is 11.3 Å². The number of imidazole rings is 1. The molecule has 3 atom stereocenters. The summed E-state index contributed by atoms with van der Waals surface area (Å²) < 4.78 is 29.8. The summed E-state index contributed by atoms with van der Waals surface area (Å²) in [4.78, 5) is 93.9. The second-order valence-corrected chi connectivity index (χ2v) is 36.0. The number of thioether (sulfide) groups is 1.